The molecule has 1 heterocycles. The molecule has 0 aromatic carbocycles. The maximum atomic E-state index is 5.69. The lowest BCUT2D eigenvalue weighted by Gasteiger charge is -2.20. The van der Waals surface area contributed by atoms with Crippen molar-refractivity contribution in [2.45, 2.75) is 32.7 Å². The zero-order valence-corrected chi connectivity index (χ0v) is 9.40. The van der Waals surface area contributed by atoms with Gasteiger partial charge in [-0.15, -0.1) is 0 Å². The molecule has 1 aliphatic carbocycles. The van der Waals surface area contributed by atoms with Gasteiger partial charge in [0, 0.05) is 12.2 Å². The van der Waals surface area contributed by atoms with Crippen LogP contribution < -0.4 is 11.1 Å². The van der Waals surface area contributed by atoms with E-state index in [9.17, 15) is 0 Å². The topological polar surface area (TPSA) is 50.9 Å². The van der Waals surface area contributed by atoms with Gasteiger partial charge < -0.3 is 11.1 Å². The number of anilines is 2. The lowest BCUT2D eigenvalue weighted by Crippen LogP contribution is -2.24. The average Bonchev–Trinajstić information content (AvgIpc) is 2.50. The van der Waals surface area contributed by atoms with Gasteiger partial charge in [0.05, 0.1) is 17.6 Å². The number of nitrogens with zero attached hydrogens (tertiary/aromatic N) is 1. The molecule has 0 aliphatic heterocycles. The largest absolute Gasteiger partial charge is 0.397 e. The van der Waals surface area contributed by atoms with Crippen LogP contribution in [0.5, 0.6) is 0 Å². The van der Waals surface area contributed by atoms with Gasteiger partial charge in [-0.2, -0.15) is 0 Å². The number of aromatic nitrogens is 1. The number of nitrogen functional groups attached to an aromatic ring is 1. The van der Waals surface area contributed by atoms with Gasteiger partial charge in [-0.05, 0) is 30.7 Å². The van der Waals surface area contributed by atoms with E-state index in [1.54, 1.807) is 6.20 Å². The van der Waals surface area contributed by atoms with E-state index in [-0.39, 0.29) is 0 Å². The van der Waals surface area contributed by atoms with Gasteiger partial charge in [-0.1, -0.05) is 13.8 Å². The van der Waals surface area contributed by atoms with Crippen molar-refractivity contribution in [3.05, 3.63) is 18.5 Å². The van der Waals surface area contributed by atoms with Crippen LogP contribution in [0.25, 0.3) is 0 Å². The fraction of sp³-hybridized carbons (Fsp3) is 0.583. The van der Waals surface area contributed by atoms with Gasteiger partial charge in [0.25, 0.3) is 0 Å². The molecule has 3 atom stereocenters. The molecule has 0 bridgehead atoms. The molecular formula is C12H19N3. The highest BCUT2D eigenvalue weighted by atomic mass is 14.9. The Kier molecular flexibility index (Phi) is 2.80. The van der Waals surface area contributed by atoms with Crippen molar-refractivity contribution in [3.8, 4) is 0 Å². The molecule has 0 radical (unpaired) electrons. The Hall–Kier alpha value is -1.25. The third-order valence-corrected chi connectivity index (χ3v) is 3.58. The van der Waals surface area contributed by atoms with E-state index in [0.29, 0.717) is 6.04 Å². The first kappa shape index (κ1) is 10.3. The molecule has 0 spiro atoms. The van der Waals surface area contributed by atoms with Crippen LogP contribution in [-0.2, 0) is 0 Å². The molecule has 0 saturated heterocycles. The lowest BCUT2D eigenvalue weighted by atomic mass is 9.98. The molecule has 3 N–H and O–H groups in total. The van der Waals surface area contributed by atoms with Crippen LogP contribution in [0.1, 0.15) is 26.7 Å². The number of hydrogen-bond acceptors (Lipinski definition) is 3. The van der Waals surface area contributed by atoms with Crippen LogP contribution in [0.2, 0.25) is 0 Å². The van der Waals surface area contributed by atoms with Crippen molar-refractivity contribution < 1.29 is 0 Å². The Morgan fingerprint density at radius 3 is 2.73 bits per heavy atom. The number of nitrogens with two attached hydrogens (primary N) is 1. The molecule has 1 aromatic heterocycles. The number of rotatable bonds is 2. The molecule has 0 amide bonds. The Morgan fingerprint density at radius 2 is 2.13 bits per heavy atom. The van der Waals surface area contributed by atoms with E-state index in [1.165, 1.54) is 12.8 Å². The van der Waals surface area contributed by atoms with Crippen molar-refractivity contribution in [3.63, 3.8) is 0 Å². The molecular weight excluding hydrogens is 186 g/mol. The SMILES string of the molecule is CC1CCC(Nc2cncc(N)c2)C1C. The normalized spacial score (nSPS) is 30.4. The van der Waals surface area contributed by atoms with Gasteiger partial charge in [0.2, 0.25) is 0 Å². The monoisotopic (exact) mass is 205 g/mol. The second-order valence-corrected chi connectivity index (χ2v) is 4.67. The molecule has 2 rings (SSSR count). The minimum Gasteiger partial charge on any atom is -0.397 e. The van der Waals surface area contributed by atoms with Gasteiger partial charge in [0.1, 0.15) is 0 Å². The molecule has 3 heteroatoms. The molecule has 3 unspecified atom stereocenters. The molecule has 82 valence electrons. The van der Waals surface area contributed by atoms with E-state index in [1.807, 2.05) is 12.3 Å². The van der Waals surface area contributed by atoms with Gasteiger partial charge >= 0.3 is 0 Å². The standard InChI is InChI=1S/C12H19N3/c1-8-3-4-12(9(8)2)15-11-5-10(13)6-14-7-11/h5-9,12,15H,3-4,13H2,1-2H3. The van der Waals surface area contributed by atoms with Crippen LogP contribution in [0, 0.1) is 11.8 Å². The lowest BCUT2D eigenvalue weighted by molar-refractivity contribution is 0.435. The van der Waals surface area contributed by atoms with E-state index < -0.39 is 0 Å². The average molecular weight is 205 g/mol. The number of nitrogens with one attached hydrogen (secondary N) is 1. The summed E-state index contributed by atoms with van der Waals surface area (Å²) in [5, 5.41) is 3.52. The second kappa shape index (κ2) is 4.09. The number of pyridine rings is 1. The van der Waals surface area contributed by atoms with Crippen LogP contribution in [0.4, 0.5) is 11.4 Å². The van der Waals surface area contributed by atoms with Crippen LogP contribution in [0.15, 0.2) is 18.5 Å². The molecule has 1 saturated carbocycles. The molecule has 3 nitrogen and oxygen atoms in total. The summed E-state index contributed by atoms with van der Waals surface area (Å²) in [6, 6.07) is 2.52. The zero-order valence-electron chi connectivity index (χ0n) is 9.40. The summed E-state index contributed by atoms with van der Waals surface area (Å²) in [5.41, 5.74) is 7.46. The summed E-state index contributed by atoms with van der Waals surface area (Å²) in [7, 11) is 0. The summed E-state index contributed by atoms with van der Waals surface area (Å²) in [6.45, 7) is 4.64. The van der Waals surface area contributed by atoms with Crippen LogP contribution in [-0.4, -0.2) is 11.0 Å². The Bertz CT molecular complexity index is 337. The highest BCUT2D eigenvalue weighted by molar-refractivity contribution is 5.51. The zero-order chi connectivity index (χ0) is 10.8. The molecule has 15 heavy (non-hydrogen) atoms. The first-order valence-corrected chi connectivity index (χ1v) is 5.64. The van der Waals surface area contributed by atoms with Crippen molar-refractivity contribution in [2.75, 3.05) is 11.1 Å². The van der Waals surface area contributed by atoms with E-state index >= 15 is 0 Å². The van der Waals surface area contributed by atoms with Gasteiger partial charge in [-0.3, -0.25) is 4.98 Å². The van der Waals surface area contributed by atoms with Crippen LogP contribution >= 0.6 is 0 Å². The van der Waals surface area contributed by atoms with Crippen molar-refractivity contribution in [1.29, 1.82) is 0 Å². The van der Waals surface area contributed by atoms with Crippen LogP contribution in [0.3, 0.4) is 0 Å². The Labute approximate surface area is 91.1 Å². The predicted molar refractivity (Wildman–Crippen MR) is 63.6 cm³/mol. The van der Waals surface area contributed by atoms with E-state index in [2.05, 4.69) is 24.1 Å². The predicted octanol–water partition coefficient (Wildman–Crippen LogP) is 2.51. The minimum atomic E-state index is 0.573. The summed E-state index contributed by atoms with van der Waals surface area (Å²) < 4.78 is 0. The quantitative estimate of drug-likeness (QED) is 0.780. The highest BCUT2D eigenvalue weighted by Crippen LogP contribution is 2.33. The fourth-order valence-electron chi connectivity index (χ4n) is 2.32. The highest BCUT2D eigenvalue weighted by Gasteiger charge is 2.29. The third kappa shape index (κ3) is 2.22. The summed E-state index contributed by atoms with van der Waals surface area (Å²) in [5.74, 6) is 1.54. The maximum Gasteiger partial charge on any atom is 0.0549 e. The Morgan fingerprint density at radius 1 is 1.33 bits per heavy atom. The molecule has 1 aromatic rings. The smallest absolute Gasteiger partial charge is 0.0549 e. The summed E-state index contributed by atoms with van der Waals surface area (Å²) in [6.07, 6.45) is 6.07. The Balaban J connectivity index is 2.03. The number of hydrogen-bond donors (Lipinski definition) is 2. The van der Waals surface area contributed by atoms with E-state index in [0.717, 1.165) is 23.2 Å². The van der Waals surface area contributed by atoms with Gasteiger partial charge in [-0.25, -0.2) is 0 Å². The molecule has 1 fully saturated rings. The summed E-state index contributed by atoms with van der Waals surface area (Å²) in [4.78, 5) is 4.08. The maximum absolute atomic E-state index is 5.69. The van der Waals surface area contributed by atoms with E-state index in [4.69, 9.17) is 5.73 Å². The fourth-order valence-corrected chi connectivity index (χ4v) is 2.32. The first-order valence-electron chi connectivity index (χ1n) is 5.64. The second-order valence-electron chi connectivity index (χ2n) is 4.67. The summed E-state index contributed by atoms with van der Waals surface area (Å²) >= 11 is 0. The third-order valence-electron chi connectivity index (χ3n) is 3.58. The minimum absolute atomic E-state index is 0.573. The first-order chi connectivity index (χ1) is 7.16. The van der Waals surface area contributed by atoms with Crippen molar-refractivity contribution >= 4 is 11.4 Å². The van der Waals surface area contributed by atoms with Crippen molar-refractivity contribution in [2.24, 2.45) is 11.8 Å². The van der Waals surface area contributed by atoms with Crippen molar-refractivity contribution in [1.82, 2.24) is 4.98 Å². The van der Waals surface area contributed by atoms with Gasteiger partial charge in [0.15, 0.2) is 0 Å². The molecule has 1 aliphatic rings.